The van der Waals surface area contributed by atoms with Crippen LogP contribution >= 0.6 is 0 Å². The zero-order valence-electron chi connectivity index (χ0n) is 16.3. The molecule has 0 amide bonds. The minimum atomic E-state index is -0.842. The fourth-order valence-corrected chi connectivity index (χ4v) is 3.12. The van der Waals surface area contributed by atoms with Crippen LogP contribution in [-0.4, -0.2) is 52.9 Å². The topological polar surface area (TPSA) is 113 Å². The standard InChI is InChI=1S/C21H22N2O7/c1-2-23(30-14-3-6-18-19(9-14)29-12-28-18)10-13(24)11-27-17-7-5-16(25)21-15(17)4-8-20(26)22-21/h3-9,13,24-25H,2,10-12H2,1H3,(H,22,26). The SMILES string of the molecule is CCN(CC(O)COc1ccc(O)c2[nH]c(=O)ccc12)Oc1ccc2c(c1)OCO2. The van der Waals surface area contributed by atoms with Gasteiger partial charge in [-0.25, -0.2) is 0 Å². The summed E-state index contributed by atoms with van der Waals surface area (Å²) in [5.41, 5.74) is -0.0370. The van der Waals surface area contributed by atoms with Crippen LogP contribution < -0.4 is 24.6 Å². The zero-order chi connectivity index (χ0) is 21.1. The predicted octanol–water partition coefficient (Wildman–Crippen LogP) is 2.02. The van der Waals surface area contributed by atoms with Crippen molar-refractivity contribution in [1.29, 1.82) is 0 Å². The van der Waals surface area contributed by atoms with Crippen molar-refractivity contribution in [3.63, 3.8) is 0 Å². The van der Waals surface area contributed by atoms with E-state index in [2.05, 4.69) is 4.98 Å². The molecule has 1 aromatic heterocycles. The summed E-state index contributed by atoms with van der Waals surface area (Å²) in [5.74, 6) is 2.25. The van der Waals surface area contributed by atoms with E-state index in [1.54, 1.807) is 35.4 Å². The summed E-state index contributed by atoms with van der Waals surface area (Å²) in [5, 5.41) is 22.5. The Bertz CT molecular complexity index is 1100. The Balaban J connectivity index is 1.38. The lowest BCUT2D eigenvalue weighted by atomic mass is 10.2. The second kappa shape index (κ2) is 8.52. The Morgan fingerprint density at radius 2 is 2.00 bits per heavy atom. The van der Waals surface area contributed by atoms with Crippen molar-refractivity contribution in [1.82, 2.24) is 10.0 Å². The third-order valence-corrected chi connectivity index (χ3v) is 4.61. The first-order valence-corrected chi connectivity index (χ1v) is 9.52. The molecule has 3 aromatic rings. The molecule has 1 atom stereocenters. The summed E-state index contributed by atoms with van der Waals surface area (Å²) in [6.07, 6.45) is -0.842. The lowest BCUT2D eigenvalue weighted by Gasteiger charge is -2.24. The number of aromatic amines is 1. The molecule has 1 aliphatic heterocycles. The average molecular weight is 414 g/mol. The minimum Gasteiger partial charge on any atom is -0.506 e. The fourth-order valence-electron chi connectivity index (χ4n) is 3.12. The average Bonchev–Trinajstić information content (AvgIpc) is 3.21. The number of hydrogen-bond donors (Lipinski definition) is 3. The molecule has 4 rings (SSSR count). The first kappa shape index (κ1) is 19.9. The van der Waals surface area contributed by atoms with Gasteiger partial charge in [0.15, 0.2) is 17.2 Å². The maximum Gasteiger partial charge on any atom is 0.248 e. The van der Waals surface area contributed by atoms with Crippen LogP contribution in [0.15, 0.2) is 47.3 Å². The number of aliphatic hydroxyl groups excluding tert-OH is 1. The summed E-state index contributed by atoms with van der Waals surface area (Å²) < 4.78 is 16.4. The Morgan fingerprint density at radius 1 is 1.17 bits per heavy atom. The molecule has 0 bridgehead atoms. The van der Waals surface area contributed by atoms with Gasteiger partial charge in [0.25, 0.3) is 0 Å². The molecular weight excluding hydrogens is 392 g/mol. The van der Waals surface area contributed by atoms with E-state index in [9.17, 15) is 15.0 Å². The summed E-state index contributed by atoms with van der Waals surface area (Å²) in [6, 6.07) is 11.2. The largest absolute Gasteiger partial charge is 0.506 e. The van der Waals surface area contributed by atoms with Gasteiger partial charge < -0.3 is 34.2 Å². The van der Waals surface area contributed by atoms with E-state index in [0.717, 1.165) is 0 Å². The van der Waals surface area contributed by atoms with Gasteiger partial charge in [-0.05, 0) is 37.3 Å². The lowest BCUT2D eigenvalue weighted by Crippen LogP contribution is -2.37. The highest BCUT2D eigenvalue weighted by atomic mass is 16.7. The van der Waals surface area contributed by atoms with Crippen LogP contribution in [0.2, 0.25) is 0 Å². The molecule has 0 saturated heterocycles. The molecule has 9 heteroatoms. The van der Waals surface area contributed by atoms with Gasteiger partial charge in [-0.15, -0.1) is 5.06 Å². The van der Waals surface area contributed by atoms with Gasteiger partial charge in [-0.3, -0.25) is 4.79 Å². The number of rotatable bonds is 8. The molecule has 0 aliphatic carbocycles. The van der Waals surface area contributed by atoms with Crippen molar-refractivity contribution in [2.45, 2.75) is 13.0 Å². The number of aliphatic hydroxyl groups is 1. The van der Waals surface area contributed by atoms with Gasteiger partial charge in [0.1, 0.15) is 24.2 Å². The van der Waals surface area contributed by atoms with Crippen LogP contribution in [-0.2, 0) is 0 Å². The second-order valence-electron chi connectivity index (χ2n) is 6.75. The van der Waals surface area contributed by atoms with E-state index < -0.39 is 6.10 Å². The number of phenolic OH excluding ortho intramolecular Hbond substituents is 1. The Hall–Kier alpha value is -3.43. The quantitative estimate of drug-likeness (QED) is 0.480. The molecule has 1 aliphatic rings. The highest BCUT2D eigenvalue weighted by Crippen LogP contribution is 2.35. The number of hydroxylamine groups is 2. The molecule has 0 radical (unpaired) electrons. The van der Waals surface area contributed by atoms with E-state index in [1.165, 1.54) is 12.1 Å². The third-order valence-electron chi connectivity index (χ3n) is 4.61. The normalized spacial score (nSPS) is 13.6. The molecule has 158 valence electrons. The monoisotopic (exact) mass is 414 g/mol. The summed E-state index contributed by atoms with van der Waals surface area (Å²) in [7, 11) is 0. The number of likely N-dealkylation sites (N-methyl/N-ethyl adjacent to an activating group) is 1. The van der Waals surface area contributed by atoms with Crippen molar-refractivity contribution in [3.8, 4) is 28.7 Å². The predicted molar refractivity (Wildman–Crippen MR) is 108 cm³/mol. The maximum atomic E-state index is 11.5. The summed E-state index contributed by atoms with van der Waals surface area (Å²) in [6.45, 7) is 2.84. The number of H-pyrrole nitrogens is 1. The van der Waals surface area contributed by atoms with Crippen LogP contribution in [0, 0.1) is 0 Å². The number of phenols is 1. The molecule has 2 aromatic carbocycles. The van der Waals surface area contributed by atoms with Crippen LogP contribution in [0.25, 0.3) is 10.9 Å². The first-order valence-electron chi connectivity index (χ1n) is 9.52. The number of fused-ring (bicyclic) bond motifs is 2. The van der Waals surface area contributed by atoms with Crippen molar-refractivity contribution in [2.75, 3.05) is 26.5 Å². The molecule has 9 nitrogen and oxygen atoms in total. The summed E-state index contributed by atoms with van der Waals surface area (Å²) in [4.78, 5) is 19.9. The number of aromatic nitrogens is 1. The number of nitrogens with one attached hydrogen (secondary N) is 1. The van der Waals surface area contributed by atoms with E-state index in [0.29, 0.717) is 34.9 Å². The minimum absolute atomic E-state index is 0.000000604. The van der Waals surface area contributed by atoms with E-state index in [4.69, 9.17) is 19.0 Å². The number of ether oxygens (including phenoxy) is 3. The van der Waals surface area contributed by atoms with Gasteiger partial charge in [-0.2, -0.15) is 0 Å². The van der Waals surface area contributed by atoms with Crippen LogP contribution in [0.5, 0.6) is 28.7 Å². The molecule has 30 heavy (non-hydrogen) atoms. The first-order chi connectivity index (χ1) is 14.5. The molecule has 0 fully saturated rings. The van der Waals surface area contributed by atoms with Crippen molar-refractivity contribution in [2.24, 2.45) is 0 Å². The number of pyridine rings is 1. The molecule has 2 heterocycles. The van der Waals surface area contributed by atoms with E-state index in [-0.39, 0.29) is 36.8 Å². The fraction of sp³-hybridized carbons (Fsp3) is 0.286. The van der Waals surface area contributed by atoms with Gasteiger partial charge in [0.2, 0.25) is 12.4 Å². The van der Waals surface area contributed by atoms with Crippen molar-refractivity contribution >= 4 is 10.9 Å². The van der Waals surface area contributed by atoms with Crippen molar-refractivity contribution in [3.05, 3.63) is 52.8 Å². The number of hydrogen-bond acceptors (Lipinski definition) is 8. The smallest absolute Gasteiger partial charge is 0.248 e. The number of nitrogens with zero attached hydrogens (tertiary/aromatic N) is 1. The van der Waals surface area contributed by atoms with Gasteiger partial charge in [0.05, 0.1) is 12.1 Å². The second-order valence-corrected chi connectivity index (χ2v) is 6.75. The van der Waals surface area contributed by atoms with E-state index in [1.807, 2.05) is 6.92 Å². The lowest BCUT2D eigenvalue weighted by molar-refractivity contribution is -0.0859. The molecule has 0 saturated carbocycles. The number of benzene rings is 2. The van der Waals surface area contributed by atoms with Gasteiger partial charge >= 0.3 is 0 Å². The van der Waals surface area contributed by atoms with Crippen LogP contribution in [0.4, 0.5) is 0 Å². The van der Waals surface area contributed by atoms with Crippen molar-refractivity contribution < 1.29 is 29.3 Å². The number of aromatic hydroxyl groups is 1. The molecular formula is C21H22N2O7. The highest BCUT2D eigenvalue weighted by Gasteiger charge is 2.17. The molecule has 1 unspecified atom stereocenters. The van der Waals surface area contributed by atoms with Gasteiger partial charge in [-0.1, -0.05) is 0 Å². The molecule has 3 N–H and O–H groups in total. The Kier molecular flexibility index (Phi) is 5.64. The van der Waals surface area contributed by atoms with Crippen LogP contribution in [0.3, 0.4) is 0 Å². The Labute approximate surface area is 171 Å². The molecule has 0 spiro atoms. The zero-order valence-corrected chi connectivity index (χ0v) is 16.3. The summed E-state index contributed by atoms with van der Waals surface area (Å²) >= 11 is 0. The Morgan fingerprint density at radius 3 is 2.83 bits per heavy atom. The van der Waals surface area contributed by atoms with Gasteiger partial charge in [0, 0.05) is 24.1 Å². The third kappa shape index (κ3) is 4.27. The van der Waals surface area contributed by atoms with E-state index >= 15 is 0 Å². The highest BCUT2D eigenvalue weighted by molar-refractivity contribution is 5.89. The van der Waals surface area contributed by atoms with Crippen LogP contribution in [0.1, 0.15) is 6.92 Å². The maximum absolute atomic E-state index is 11.5.